The number of hydrogen-bond donors (Lipinski definition) is 1. The molecule has 0 bridgehead atoms. The lowest BCUT2D eigenvalue weighted by atomic mass is 10.1. The molecule has 1 N–H and O–H groups in total. The first-order valence-electron chi connectivity index (χ1n) is 4.41. The summed E-state index contributed by atoms with van der Waals surface area (Å²) in [7, 11) is -3.53. The number of nitrogens with one attached hydrogen (secondary N) is 1. The molecule has 0 amide bonds. The maximum absolute atomic E-state index is 11.8. The smallest absolute Gasteiger partial charge is 0.273 e. The number of hydrogen-bond acceptors (Lipinski definition) is 5. The minimum atomic E-state index is -3.53. The second kappa shape index (κ2) is 4.44. The lowest BCUT2D eigenvalue weighted by molar-refractivity contribution is 0.591. The lowest BCUT2D eigenvalue weighted by Gasteiger charge is -2.12. The molecule has 84 valence electrons. The van der Waals surface area contributed by atoms with E-state index in [0.29, 0.717) is 17.0 Å². The molecule has 0 saturated heterocycles. The normalized spacial score (nSPS) is 16.0. The summed E-state index contributed by atoms with van der Waals surface area (Å²) in [6.07, 6.45) is 7.22. The second-order valence-corrected chi connectivity index (χ2v) is 6.35. The molecule has 1 aliphatic carbocycles. The Kier molecular flexibility index (Phi) is 3.17. The van der Waals surface area contributed by atoms with E-state index in [1.54, 1.807) is 12.2 Å². The highest BCUT2D eigenvalue weighted by atomic mass is 32.2. The van der Waals surface area contributed by atoms with E-state index in [1.165, 1.54) is 11.7 Å². The van der Waals surface area contributed by atoms with Gasteiger partial charge in [-0.3, -0.25) is 9.71 Å². The summed E-state index contributed by atoms with van der Waals surface area (Å²) in [5.74, 6) is 0. The van der Waals surface area contributed by atoms with Crippen LogP contribution in [0.4, 0.5) is 0 Å². The molecular weight excluding hydrogens is 264 g/mol. The summed E-state index contributed by atoms with van der Waals surface area (Å²) in [6.45, 7) is 0. The number of allylic oxidation sites excluding steroid dienone is 4. The summed E-state index contributed by atoms with van der Waals surface area (Å²) in [5, 5.41) is 0. The molecule has 16 heavy (non-hydrogen) atoms. The third-order valence-electron chi connectivity index (χ3n) is 1.92. The Bertz CT molecular complexity index is 556. The molecule has 1 aromatic rings. The molecule has 7 heteroatoms. The summed E-state index contributed by atoms with van der Waals surface area (Å²) in [6, 6.07) is 0. The van der Waals surface area contributed by atoms with Crippen molar-refractivity contribution in [2.24, 2.45) is 0 Å². The van der Waals surface area contributed by atoms with E-state index in [9.17, 15) is 8.42 Å². The predicted molar refractivity (Wildman–Crippen MR) is 66.9 cm³/mol. The summed E-state index contributed by atoms with van der Waals surface area (Å²) in [5.41, 5.74) is 1.94. The highest BCUT2D eigenvalue weighted by Crippen LogP contribution is 2.16. The average molecular weight is 272 g/mol. The maximum atomic E-state index is 11.8. The highest BCUT2D eigenvalue weighted by Gasteiger charge is 2.19. The number of thiocarbonyl (C=S) groups is 1. The number of rotatable bonds is 3. The Morgan fingerprint density at radius 3 is 2.94 bits per heavy atom. The van der Waals surface area contributed by atoms with Gasteiger partial charge in [-0.1, -0.05) is 24.4 Å². The lowest BCUT2D eigenvalue weighted by Crippen LogP contribution is -2.26. The van der Waals surface area contributed by atoms with Gasteiger partial charge < -0.3 is 0 Å². The summed E-state index contributed by atoms with van der Waals surface area (Å²) < 4.78 is 26.3. The molecule has 0 fully saturated rings. The molecule has 0 aromatic carbocycles. The minimum Gasteiger partial charge on any atom is -0.278 e. The third-order valence-corrected chi connectivity index (χ3v) is 4.94. The van der Waals surface area contributed by atoms with E-state index in [0.717, 1.165) is 11.3 Å². The fourth-order valence-electron chi connectivity index (χ4n) is 1.17. The molecule has 0 spiro atoms. The van der Waals surface area contributed by atoms with Crippen molar-refractivity contribution >= 4 is 38.4 Å². The molecule has 1 aromatic heterocycles. The molecule has 1 aliphatic rings. The van der Waals surface area contributed by atoms with Crippen LogP contribution >= 0.6 is 23.6 Å². The van der Waals surface area contributed by atoms with E-state index in [1.807, 2.05) is 6.08 Å². The van der Waals surface area contributed by atoms with Crippen molar-refractivity contribution in [2.75, 3.05) is 0 Å². The van der Waals surface area contributed by atoms with Gasteiger partial charge in [0.1, 0.15) is 0 Å². The van der Waals surface area contributed by atoms with Crippen molar-refractivity contribution in [2.45, 2.75) is 10.6 Å². The van der Waals surface area contributed by atoms with E-state index in [2.05, 4.69) is 9.71 Å². The van der Waals surface area contributed by atoms with Crippen LogP contribution in [-0.4, -0.2) is 18.3 Å². The Hall–Kier alpha value is -1.05. The number of nitrogens with zero attached hydrogens (tertiary/aromatic N) is 1. The zero-order chi connectivity index (χ0) is 11.6. The molecule has 4 nitrogen and oxygen atoms in total. The van der Waals surface area contributed by atoms with Crippen LogP contribution < -0.4 is 4.72 Å². The molecule has 0 unspecified atom stereocenters. The minimum absolute atomic E-state index is 0.186. The van der Waals surface area contributed by atoms with Crippen molar-refractivity contribution < 1.29 is 8.42 Å². The number of thiazole rings is 1. The number of aromatic nitrogens is 1. The summed E-state index contributed by atoms with van der Waals surface area (Å²) >= 11 is 6.14. The topological polar surface area (TPSA) is 59.1 Å². The summed E-state index contributed by atoms with van der Waals surface area (Å²) in [4.78, 5) is 4.33. The van der Waals surface area contributed by atoms with Gasteiger partial charge >= 0.3 is 0 Å². The Morgan fingerprint density at radius 1 is 1.50 bits per heavy atom. The van der Waals surface area contributed by atoms with Crippen molar-refractivity contribution in [3.63, 3.8) is 0 Å². The van der Waals surface area contributed by atoms with Crippen molar-refractivity contribution in [1.29, 1.82) is 0 Å². The number of sulfonamides is 1. The van der Waals surface area contributed by atoms with Crippen LogP contribution in [-0.2, 0) is 10.0 Å². The molecule has 2 rings (SSSR count). The first-order valence-corrected chi connectivity index (χ1v) is 7.18. The van der Waals surface area contributed by atoms with Gasteiger partial charge in [-0.25, -0.2) is 8.42 Å². The van der Waals surface area contributed by atoms with Crippen LogP contribution in [0.25, 0.3) is 0 Å². The van der Waals surface area contributed by atoms with Gasteiger partial charge in [0.25, 0.3) is 10.0 Å². The Balaban J connectivity index is 2.25. The Labute approximate surface area is 103 Å². The van der Waals surface area contributed by atoms with Gasteiger partial charge in [-0.05, 0) is 6.08 Å². The highest BCUT2D eigenvalue weighted by molar-refractivity contribution is 7.91. The molecule has 1 heterocycles. The van der Waals surface area contributed by atoms with E-state index < -0.39 is 10.0 Å². The zero-order valence-electron chi connectivity index (χ0n) is 8.08. The average Bonchev–Trinajstić information content (AvgIpc) is 2.75. The van der Waals surface area contributed by atoms with Gasteiger partial charge in [-0.2, -0.15) is 0 Å². The van der Waals surface area contributed by atoms with Gasteiger partial charge in [-0.15, -0.1) is 11.3 Å². The standard InChI is InChI=1S/C9H8N2O2S3/c12-16(13,9-5-10-6-15-9)11-7-3-1-2-4-8(7)14/h1-3,5-6,11H,4H2. The SMILES string of the molecule is O=S(=O)(NC1=CC=CCC1=S)c1cncs1. The molecule has 0 atom stereocenters. The molecular formula is C9H8N2O2S3. The second-order valence-electron chi connectivity index (χ2n) is 3.06. The first kappa shape index (κ1) is 11.4. The monoisotopic (exact) mass is 272 g/mol. The Morgan fingerprint density at radius 2 is 2.31 bits per heavy atom. The van der Waals surface area contributed by atoms with Crippen molar-refractivity contribution in [3.05, 3.63) is 35.6 Å². The van der Waals surface area contributed by atoms with Crippen LogP contribution in [0, 0.1) is 0 Å². The van der Waals surface area contributed by atoms with Gasteiger partial charge in [0, 0.05) is 11.3 Å². The quantitative estimate of drug-likeness (QED) is 0.850. The van der Waals surface area contributed by atoms with Crippen LogP contribution in [0.5, 0.6) is 0 Å². The molecule has 0 saturated carbocycles. The van der Waals surface area contributed by atoms with Crippen molar-refractivity contribution in [1.82, 2.24) is 9.71 Å². The molecule has 0 aliphatic heterocycles. The van der Waals surface area contributed by atoms with Gasteiger partial charge in [0.15, 0.2) is 4.21 Å². The van der Waals surface area contributed by atoms with Crippen LogP contribution in [0.15, 0.2) is 39.8 Å². The maximum Gasteiger partial charge on any atom is 0.273 e. The van der Waals surface area contributed by atoms with E-state index >= 15 is 0 Å². The van der Waals surface area contributed by atoms with Gasteiger partial charge in [0.05, 0.1) is 17.4 Å². The largest absolute Gasteiger partial charge is 0.278 e. The van der Waals surface area contributed by atoms with E-state index in [-0.39, 0.29) is 4.21 Å². The predicted octanol–water partition coefficient (Wildman–Crippen LogP) is 1.64. The van der Waals surface area contributed by atoms with Crippen LogP contribution in [0.2, 0.25) is 0 Å². The van der Waals surface area contributed by atoms with E-state index in [4.69, 9.17) is 12.2 Å². The third kappa shape index (κ3) is 2.37. The zero-order valence-corrected chi connectivity index (χ0v) is 10.5. The first-order chi connectivity index (χ1) is 7.59. The fraction of sp³-hybridized carbons (Fsp3) is 0.111. The fourth-order valence-corrected chi connectivity index (χ4v) is 3.33. The van der Waals surface area contributed by atoms with Crippen molar-refractivity contribution in [3.8, 4) is 0 Å². The molecule has 0 radical (unpaired) electrons. The van der Waals surface area contributed by atoms with Crippen LogP contribution in [0.1, 0.15) is 6.42 Å². The van der Waals surface area contributed by atoms with Gasteiger partial charge in [0.2, 0.25) is 0 Å². The van der Waals surface area contributed by atoms with Crippen LogP contribution in [0.3, 0.4) is 0 Å².